The maximum atomic E-state index is 6.30. The van der Waals surface area contributed by atoms with Gasteiger partial charge in [0.05, 0.1) is 14.2 Å². The standard InChI is InChI=1S/C18H22ClNO2/c1-12-5-6-14(13(2)7-12)10-20-11-15-8-17(21-3)18(22-4)9-16(15)19/h5-9,20H,10-11H2,1-4H3. The molecule has 2 rings (SSSR count). The van der Waals surface area contributed by atoms with Gasteiger partial charge in [-0.15, -0.1) is 0 Å². The molecule has 0 saturated carbocycles. The predicted octanol–water partition coefficient (Wildman–Crippen LogP) is 4.26. The van der Waals surface area contributed by atoms with Crippen LogP contribution in [0.5, 0.6) is 11.5 Å². The van der Waals surface area contributed by atoms with Crippen LogP contribution in [0.1, 0.15) is 22.3 Å². The van der Waals surface area contributed by atoms with E-state index in [4.69, 9.17) is 21.1 Å². The molecule has 0 heterocycles. The minimum Gasteiger partial charge on any atom is -0.493 e. The third kappa shape index (κ3) is 3.93. The number of aryl methyl sites for hydroxylation is 2. The van der Waals surface area contributed by atoms with Gasteiger partial charge in [0.15, 0.2) is 11.5 Å². The van der Waals surface area contributed by atoms with Crippen molar-refractivity contribution in [2.24, 2.45) is 0 Å². The maximum Gasteiger partial charge on any atom is 0.162 e. The molecule has 4 heteroatoms. The van der Waals surface area contributed by atoms with E-state index in [2.05, 4.69) is 37.4 Å². The van der Waals surface area contributed by atoms with Crippen molar-refractivity contribution in [2.75, 3.05) is 14.2 Å². The van der Waals surface area contributed by atoms with Crippen molar-refractivity contribution in [2.45, 2.75) is 26.9 Å². The average Bonchev–Trinajstić information content (AvgIpc) is 2.50. The van der Waals surface area contributed by atoms with E-state index in [1.807, 2.05) is 6.07 Å². The molecule has 2 aromatic carbocycles. The summed E-state index contributed by atoms with van der Waals surface area (Å²) in [6.45, 7) is 5.71. The Hall–Kier alpha value is -1.71. The number of rotatable bonds is 6. The van der Waals surface area contributed by atoms with E-state index in [0.717, 1.165) is 12.1 Å². The molecular formula is C18H22ClNO2. The zero-order chi connectivity index (χ0) is 16.1. The lowest BCUT2D eigenvalue weighted by Gasteiger charge is -2.13. The van der Waals surface area contributed by atoms with Crippen LogP contribution in [0, 0.1) is 13.8 Å². The quantitative estimate of drug-likeness (QED) is 0.862. The number of nitrogens with one attached hydrogen (secondary N) is 1. The summed E-state index contributed by atoms with van der Waals surface area (Å²) >= 11 is 6.30. The van der Waals surface area contributed by atoms with Gasteiger partial charge in [0.25, 0.3) is 0 Å². The second-order valence-corrected chi connectivity index (χ2v) is 5.74. The zero-order valence-corrected chi connectivity index (χ0v) is 14.3. The summed E-state index contributed by atoms with van der Waals surface area (Å²) in [5, 5.41) is 4.10. The van der Waals surface area contributed by atoms with Gasteiger partial charge in [-0.2, -0.15) is 0 Å². The van der Waals surface area contributed by atoms with Crippen molar-refractivity contribution in [3.8, 4) is 11.5 Å². The topological polar surface area (TPSA) is 30.5 Å². The lowest BCUT2D eigenvalue weighted by Crippen LogP contribution is -2.14. The average molecular weight is 320 g/mol. The normalized spacial score (nSPS) is 10.6. The molecule has 0 aromatic heterocycles. The summed E-state index contributed by atoms with van der Waals surface area (Å²) in [4.78, 5) is 0. The fourth-order valence-electron chi connectivity index (χ4n) is 2.41. The Bertz CT molecular complexity index is 656. The molecule has 0 aliphatic rings. The second kappa shape index (κ2) is 7.52. The lowest BCUT2D eigenvalue weighted by molar-refractivity contribution is 0.354. The van der Waals surface area contributed by atoms with Crippen LogP contribution in [0.3, 0.4) is 0 Å². The molecule has 0 radical (unpaired) electrons. The van der Waals surface area contributed by atoms with Gasteiger partial charge in [0.1, 0.15) is 0 Å². The second-order valence-electron chi connectivity index (χ2n) is 5.33. The van der Waals surface area contributed by atoms with E-state index in [-0.39, 0.29) is 0 Å². The molecule has 118 valence electrons. The number of hydrogen-bond acceptors (Lipinski definition) is 3. The molecule has 0 unspecified atom stereocenters. The predicted molar refractivity (Wildman–Crippen MR) is 91.0 cm³/mol. The number of hydrogen-bond donors (Lipinski definition) is 1. The molecule has 2 aromatic rings. The molecule has 0 bridgehead atoms. The molecule has 0 aliphatic carbocycles. The van der Waals surface area contributed by atoms with E-state index in [1.54, 1.807) is 20.3 Å². The Kier molecular flexibility index (Phi) is 5.69. The maximum absolute atomic E-state index is 6.30. The molecule has 0 spiro atoms. The first-order chi connectivity index (χ1) is 10.5. The number of halogens is 1. The lowest BCUT2D eigenvalue weighted by atomic mass is 10.1. The summed E-state index contributed by atoms with van der Waals surface area (Å²) in [5.74, 6) is 1.33. The summed E-state index contributed by atoms with van der Waals surface area (Å²) < 4.78 is 10.6. The fraction of sp³-hybridized carbons (Fsp3) is 0.333. The zero-order valence-electron chi connectivity index (χ0n) is 13.5. The molecule has 22 heavy (non-hydrogen) atoms. The van der Waals surface area contributed by atoms with E-state index < -0.39 is 0 Å². The van der Waals surface area contributed by atoms with Gasteiger partial charge in [-0.1, -0.05) is 35.4 Å². The number of benzene rings is 2. The highest BCUT2D eigenvalue weighted by Gasteiger charge is 2.09. The van der Waals surface area contributed by atoms with Crippen LogP contribution >= 0.6 is 11.6 Å². The monoisotopic (exact) mass is 319 g/mol. The molecule has 0 atom stereocenters. The van der Waals surface area contributed by atoms with Crippen molar-refractivity contribution in [3.05, 3.63) is 57.6 Å². The Balaban J connectivity index is 2.05. The highest BCUT2D eigenvalue weighted by Crippen LogP contribution is 2.33. The van der Waals surface area contributed by atoms with Crippen molar-refractivity contribution >= 4 is 11.6 Å². The third-order valence-corrected chi connectivity index (χ3v) is 4.03. The van der Waals surface area contributed by atoms with Crippen molar-refractivity contribution in [1.82, 2.24) is 5.32 Å². The van der Waals surface area contributed by atoms with Crippen LogP contribution in [0.25, 0.3) is 0 Å². The molecule has 3 nitrogen and oxygen atoms in total. The largest absolute Gasteiger partial charge is 0.493 e. The van der Waals surface area contributed by atoms with Gasteiger partial charge in [0.2, 0.25) is 0 Å². The highest BCUT2D eigenvalue weighted by atomic mass is 35.5. The van der Waals surface area contributed by atoms with Crippen LogP contribution in [-0.2, 0) is 13.1 Å². The van der Waals surface area contributed by atoms with Crippen LogP contribution < -0.4 is 14.8 Å². The molecular weight excluding hydrogens is 298 g/mol. The van der Waals surface area contributed by atoms with E-state index in [0.29, 0.717) is 23.1 Å². The minimum atomic E-state index is 0.644. The van der Waals surface area contributed by atoms with Gasteiger partial charge < -0.3 is 14.8 Å². The fourth-order valence-corrected chi connectivity index (χ4v) is 2.63. The van der Waals surface area contributed by atoms with E-state index in [9.17, 15) is 0 Å². The highest BCUT2D eigenvalue weighted by molar-refractivity contribution is 6.31. The molecule has 1 N–H and O–H groups in total. The van der Waals surface area contributed by atoms with Gasteiger partial charge in [-0.25, -0.2) is 0 Å². The van der Waals surface area contributed by atoms with Gasteiger partial charge >= 0.3 is 0 Å². The summed E-state index contributed by atoms with van der Waals surface area (Å²) in [6.07, 6.45) is 0. The van der Waals surface area contributed by atoms with Crippen molar-refractivity contribution in [3.63, 3.8) is 0 Å². The summed E-state index contributed by atoms with van der Waals surface area (Å²) in [6, 6.07) is 10.2. The molecule has 0 aliphatic heterocycles. The van der Waals surface area contributed by atoms with E-state index in [1.165, 1.54) is 16.7 Å². The van der Waals surface area contributed by atoms with Gasteiger partial charge in [-0.3, -0.25) is 0 Å². The third-order valence-electron chi connectivity index (χ3n) is 3.68. The van der Waals surface area contributed by atoms with Crippen LogP contribution in [-0.4, -0.2) is 14.2 Å². The smallest absolute Gasteiger partial charge is 0.162 e. The number of methoxy groups -OCH3 is 2. The Morgan fingerprint density at radius 2 is 1.55 bits per heavy atom. The van der Waals surface area contributed by atoms with Crippen LogP contribution in [0.2, 0.25) is 5.02 Å². The molecule has 0 fully saturated rings. The number of ether oxygens (including phenoxy) is 2. The summed E-state index contributed by atoms with van der Waals surface area (Å²) in [7, 11) is 3.23. The van der Waals surface area contributed by atoms with Gasteiger partial charge in [-0.05, 0) is 36.6 Å². The minimum absolute atomic E-state index is 0.644. The first-order valence-electron chi connectivity index (χ1n) is 7.22. The Morgan fingerprint density at radius 3 is 2.18 bits per heavy atom. The first-order valence-corrected chi connectivity index (χ1v) is 7.60. The van der Waals surface area contributed by atoms with Crippen molar-refractivity contribution < 1.29 is 9.47 Å². The van der Waals surface area contributed by atoms with E-state index >= 15 is 0 Å². The van der Waals surface area contributed by atoms with Crippen LogP contribution in [0.4, 0.5) is 0 Å². The Labute approximate surface area is 137 Å². The molecule has 0 saturated heterocycles. The van der Waals surface area contributed by atoms with Gasteiger partial charge in [0, 0.05) is 24.2 Å². The SMILES string of the molecule is COc1cc(Cl)c(CNCc2ccc(C)cc2C)cc1OC. The Morgan fingerprint density at radius 1 is 0.909 bits per heavy atom. The molecule has 0 amide bonds. The van der Waals surface area contributed by atoms with Crippen LogP contribution in [0.15, 0.2) is 30.3 Å². The first kappa shape index (κ1) is 16.7. The summed E-state index contributed by atoms with van der Waals surface area (Å²) in [5.41, 5.74) is 4.86. The van der Waals surface area contributed by atoms with Crippen molar-refractivity contribution in [1.29, 1.82) is 0 Å².